The second kappa shape index (κ2) is 5.95. The highest BCUT2D eigenvalue weighted by Gasteiger charge is 1.98. The fourth-order valence-corrected chi connectivity index (χ4v) is 1.25. The summed E-state index contributed by atoms with van der Waals surface area (Å²) in [4.78, 5) is 0. The van der Waals surface area contributed by atoms with Crippen molar-refractivity contribution in [3.05, 3.63) is 35.6 Å². The number of halogens is 2. The highest BCUT2D eigenvalue weighted by molar-refractivity contribution is 6.18. The van der Waals surface area contributed by atoms with Crippen molar-refractivity contribution in [2.45, 2.75) is 6.42 Å². The van der Waals surface area contributed by atoms with E-state index >= 15 is 0 Å². The first kappa shape index (κ1) is 10.5. The first-order valence-electron chi connectivity index (χ1n) is 4.34. The molecule has 0 radical (unpaired) electrons. The molecule has 13 heavy (non-hydrogen) atoms. The minimum Gasteiger partial charge on any atom is -0.315 e. The fraction of sp³-hybridized carbons (Fsp3) is 0.400. The van der Waals surface area contributed by atoms with Crippen molar-refractivity contribution in [3.63, 3.8) is 0 Å². The van der Waals surface area contributed by atoms with E-state index in [-0.39, 0.29) is 5.82 Å². The van der Waals surface area contributed by atoms with Crippen LogP contribution in [0.4, 0.5) is 4.39 Å². The van der Waals surface area contributed by atoms with Gasteiger partial charge in [-0.1, -0.05) is 18.2 Å². The Morgan fingerprint density at radius 1 is 1.23 bits per heavy atom. The lowest BCUT2D eigenvalue weighted by Gasteiger charge is -2.03. The minimum atomic E-state index is -0.129. The molecule has 0 saturated heterocycles. The van der Waals surface area contributed by atoms with Gasteiger partial charge in [-0.3, -0.25) is 0 Å². The van der Waals surface area contributed by atoms with E-state index in [1.807, 2.05) is 6.07 Å². The predicted molar refractivity (Wildman–Crippen MR) is 53.7 cm³/mol. The molecule has 0 heterocycles. The van der Waals surface area contributed by atoms with Crippen molar-refractivity contribution in [2.75, 3.05) is 19.0 Å². The molecule has 0 unspecified atom stereocenters. The van der Waals surface area contributed by atoms with Crippen LogP contribution >= 0.6 is 11.6 Å². The summed E-state index contributed by atoms with van der Waals surface area (Å²) in [7, 11) is 0. The van der Waals surface area contributed by atoms with Crippen LogP contribution in [0.3, 0.4) is 0 Å². The van der Waals surface area contributed by atoms with Gasteiger partial charge in [0.2, 0.25) is 0 Å². The third-order valence-electron chi connectivity index (χ3n) is 1.80. The van der Waals surface area contributed by atoms with Gasteiger partial charge in [-0.05, 0) is 24.6 Å². The Balaban J connectivity index is 2.32. The second-order valence-electron chi connectivity index (χ2n) is 2.78. The summed E-state index contributed by atoms with van der Waals surface area (Å²) in [6, 6.07) is 6.83. The van der Waals surface area contributed by atoms with Crippen LogP contribution in [0.1, 0.15) is 5.56 Å². The van der Waals surface area contributed by atoms with E-state index in [1.54, 1.807) is 12.1 Å². The molecule has 0 aliphatic rings. The maximum atomic E-state index is 13.0. The Kier molecular flexibility index (Phi) is 4.79. The van der Waals surface area contributed by atoms with Gasteiger partial charge in [-0.25, -0.2) is 4.39 Å². The van der Waals surface area contributed by atoms with Crippen molar-refractivity contribution in [3.8, 4) is 0 Å². The highest BCUT2D eigenvalue weighted by atomic mass is 35.5. The van der Waals surface area contributed by atoms with Gasteiger partial charge in [0.15, 0.2) is 0 Å². The van der Waals surface area contributed by atoms with Crippen molar-refractivity contribution >= 4 is 11.6 Å². The van der Waals surface area contributed by atoms with Crippen LogP contribution < -0.4 is 5.32 Å². The molecular formula is C10H13ClFN. The molecule has 0 fully saturated rings. The number of hydrogen-bond donors (Lipinski definition) is 1. The van der Waals surface area contributed by atoms with E-state index in [4.69, 9.17) is 11.6 Å². The van der Waals surface area contributed by atoms with Crippen LogP contribution in [0.25, 0.3) is 0 Å². The van der Waals surface area contributed by atoms with Gasteiger partial charge in [-0.2, -0.15) is 0 Å². The van der Waals surface area contributed by atoms with Crippen LogP contribution in [0.15, 0.2) is 24.3 Å². The first-order valence-corrected chi connectivity index (χ1v) is 4.88. The molecule has 0 aliphatic heterocycles. The molecule has 0 amide bonds. The Morgan fingerprint density at radius 3 is 2.69 bits per heavy atom. The zero-order valence-corrected chi connectivity index (χ0v) is 8.15. The molecule has 0 spiro atoms. The average Bonchev–Trinajstić information content (AvgIpc) is 2.15. The Bertz CT molecular complexity index is 252. The molecule has 3 heteroatoms. The quantitative estimate of drug-likeness (QED) is 0.569. The summed E-state index contributed by atoms with van der Waals surface area (Å²) in [5.74, 6) is 0.465. The maximum Gasteiger partial charge on any atom is 0.126 e. The summed E-state index contributed by atoms with van der Waals surface area (Å²) >= 11 is 5.48. The van der Waals surface area contributed by atoms with Crippen molar-refractivity contribution in [2.24, 2.45) is 0 Å². The van der Waals surface area contributed by atoms with Crippen LogP contribution in [0.2, 0.25) is 0 Å². The lowest BCUT2D eigenvalue weighted by Crippen LogP contribution is -2.19. The summed E-state index contributed by atoms with van der Waals surface area (Å²) in [5, 5.41) is 3.11. The second-order valence-corrected chi connectivity index (χ2v) is 3.16. The maximum absolute atomic E-state index is 13.0. The lowest BCUT2D eigenvalue weighted by molar-refractivity contribution is 0.601. The zero-order chi connectivity index (χ0) is 9.52. The van der Waals surface area contributed by atoms with Gasteiger partial charge < -0.3 is 5.32 Å². The third-order valence-corrected chi connectivity index (χ3v) is 1.99. The van der Waals surface area contributed by atoms with Crippen LogP contribution in [0.5, 0.6) is 0 Å². The van der Waals surface area contributed by atoms with E-state index in [9.17, 15) is 4.39 Å². The molecule has 0 aliphatic carbocycles. The molecular weight excluding hydrogens is 189 g/mol. The topological polar surface area (TPSA) is 12.0 Å². The third kappa shape index (κ3) is 3.75. The fourth-order valence-electron chi connectivity index (χ4n) is 1.12. The van der Waals surface area contributed by atoms with Gasteiger partial charge in [0.1, 0.15) is 5.82 Å². The van der Waals surface area contributed by atoms with Gasteiger partial charge in [-0.15, -0.1) is 11.6 Å². The SMILES string of the molecule is Fc1ccccc1CCNCCCl. The van der Waals surface area contributed by atoms with Gasteiger partial charge >= 0.3 is 0 Å². The number of benzene rings is 1. The summed E-state index contributed by atoms with van der Waals surface area (Å²) in [6.45, 7) is 1.55. The summed E-state index contributed by atoms with van der Waals surface area (Å²) in [5.41, 5.74) is 0.754. The van der Waals surface area contributed by atoms with Gasteiger partial charge in [0.05, 0.1) is 0 Å². The molecule has 1 aromatic rings. The average molecular weight is 202 g/mol. The molecule has 1 nitrogen and oxygen atoms in total. The Labute approximate surface area is 82.9 Å². The van der Waals surface area contributed by atoms with Crippen molar-refractivity contribution in [1.82, 2.24) is 5.32 Å². The predicted octanol–water partition coefficient (Wildman–Crippen LogP) is 2.20. The summed E-state index contributed by atoms with van der Waals surface area (Å²) < 4.78 is 13.0. The van der Waals surface area contributed by atoms with Crippen LogP contribution in [0, 0.1) is 5.82 Å². The standard InChI is InChI=1S/C10H13ClFN/c11-6-8-13-7-5-9-3-1-2-4-10(9)12/h1-4,13H,5-8H2. The zero-order valence-electron chi connectivity index (χ0n) is 7.39. The van der Waals surface area contributed by atoms with E-state index < -0.39 is 0 Å². The molecule has 0 bridgehead atoms. The smallest absolute Gasteiger partial charge is 0.126 e. The van der Waals surface area contributed by atoms with Crippen molar-refractivity contribution < 1.29 is 4.39 Å². The molecule has 1 aromatic carbocycles. The first-order chi connectivity index (χ1) is 6.34. The molecule has 72 valence electrons. The highest BCUT2D eigenvalue weighted by Crippen LogP contribution is 2.05. The number of alkyl halides is 1. The molecule has 0 saturated carbocycles. The normalized spacial score (nSPS) is 10.3. The number of nitrogens with one attached hydrogen (secondary N) is 1. The lowest BCUT2D eigenvalue weighted by atomic mass is 10.1. The Hall–Kier alpha value is -0.600. The van der Waals surface area contributed by atoms with Gasteiger partial charge in [0, 0.05) is 12.4 Å². The summed E-state index contributed by atoms with van der Waals surface area (Å²) in [6.07, 6.45) is 0.712. The van der Waals surface area contributed by atoms with Crippen LogP contribution in [-0.4, -0.2) is 19.0 Å². The van der Waals surface area contributed by atoms with E-state index in [0.29, 0.717) is 12.3 Å². The van der Waals surface area contributed by atoms with E-state index in [1.165, 1.54) is 6.07 Å². The van der Waals surface area contributed by atoms with Gasteiger partial charge in [0.25, 0.3) is 0 Å². The van der Waals surface area contributed by atoms with Crippen LogP contribution in [-0.2, 0) is 6.42 Å². The monoisotopic (exact) mass is 201 g/mol. The van der Waals surface area contributed by atoms with E-state index in [2.05, 4.69) is 5.32 Å². The molecule has 0 aromatic heterocycles. The largest absolute Gasteiger partial charge is 0.315 e. The minimum absolute atomic E-state index is 0.129. The molecule has 0 atom stereocenters. The number of hydrogen-bond acceptors (Lipinski definition) is 1. The Morgan fingerprint density at radius 2 is 2.00 bits per heavy atom. The van der Waals surface area contributed by atoms with E-state index in [0.717, 1.165) is 18.7 Å². The number of rotatable bonds is 5. The molecule has 1 rings (SSSR count). The van der Waals surface area contributed by atoms with Crippen molar-refractivity contribution in [1.29, 1.82) is 0 Å². The molecule has 1 N–H and O–H groups in total.